The van der Waals surface area contributed by atoms with Crippen LogP contribution in [0.15, 0.2) is 164 Å². The maximum atomic E-state index is 6.86. The molecule has 5 heteroatoms. The molecule has 4 atom stereocenters. The molecule has 2 aliphatic carbocycles. The second kappa shape index (κ2) is 11.5. The zero-order valence-corrected chi connectivity index (χ0v) is 28.1. The average Bonchev–Trinajstić information content (AvgIpc) is 3.80. The molecule has 246 valence electrons. The Morgan fingerprint density at radius 3 is 1.98 bits per heavy atom. The summed E-state index contributed by atoms with van der Waals surface area (Å²) in [4.78, 5) is 15.5. The van der Waals surface area contributed by atoms with E-state index in [2.05, 4.69) is 146 Å². The van der Waals surface area contributed by atoms with Crippen LogP contribution in [0.2, 0.25) is 0 Å². The van der Waals surface area contributed by atoms with Crippen molar-refractivity contribution in [3.8, 4) is 45.4 Å². The van der Waals surface area contributed by atoms with E-state index in [1.807, 2.05) is 18.2 Å². The summed E-state index contributed by atoms with van der Waals surface area (Å²) >= 11 is 0. The molecule has 5 nitrogen and oxygen atoms in total. The van der Waals surface area contributed by atoms with Crippen molar-refractivity contribution in [2.24, 2.45) is 0 Å². The van der Waals surface area contributed by atoms with Gasteiger partial charge < -0.3 is 9.47 Å². The van der Waals surface area contributed by atoms with E-state index in [0.717, 1.165) is 44.9 Å². The van der Waals surface area contributed by atoms with Gasteiger partial charge in [0.05, 0.1) is 5.92 Å². The van der Waals surface area contributed by atoms with Crippen molar-refractivity contribution in [1.29, 1.82) is 0 Å². The lowest BCUT2D eigenvalue weighted by atomic mass is 9.83. The van der Waals surface area contributed by atoms with Gasteiger partial charge in [-0.05, 0) is 39.8 Å². The topological polar surface area (TPSA) is 57.1 Å². The Hall–Kier alpha value is -6.59. The summed E-state index contributed by atoms with van der Waals surface area (Å²) < 4.78 is 13.4. The van der Waals surface area contributed by atoms with Crippen LogP contribution in [0, 0.1) is 0 Å². The van der Waals surface area contributed by atoms with E-state index in [1.165, 1.54) is 27.1 Å². The number of rotatable bonds is 4. The van der Waals surface area contributed by atoms with Crippen molar-refractivity contribution < 1.29 is 9.47 Å². The Kier molecular flexibility index (Phi) is 6.44. The van der Waals surface area contributed by atoms with Gasteiger partial charge in [-0.25, -0.2) is 15.0 Å². The van der Waals surface area contributed by atoms with Crippen LogP contribution >= 0.6 is 0 Å². The summed E-state index contributed by atoms with van der Waals surface area (Å²) in [6.07, 6.45) is 14.7. The number of benzene rings is 6. The van der Waals surface area contributed by atoms with Crippen molar-refractivity contribution in [3.63, 3.8) is 0 Å². The maximum absolute atomic E-state index is 6.86. The molecular formula is C47H31N3O2. The third kappa shape index (κ3) is 4.52. The van der Waals surface area contributed by atoms with Crippen LogP contribution < -0.4 is 9.47 Å². The zero-order chi connectivity index (χ0) is 34.2. The molecule has 1 aromatic heterocycles. The Morgan fingerprint density at radius 2 is 1.12 bits per heavy atom. The molecular weight excluding hydrogens is 639 g/mol. The second-order valence-electron chi connectivity index (χ2n) is 13.8. The van der Waals surface area contributed by atoms with Gasteiger partial charge in [-0.1, -0.05) is 146 Å². The van der Waals surface area contributed by atoms with Crippen LogP contribution in [0.1, 0.15) is 28.8 Å². The maximum Gasteiger partial charge on any atom is 0.164 e. The highest BCUT2D eigenvalue weighted by molar-refractivity contribution is 6.08. The van der Waals surface area contributed by atoms with Gasteiger partial charge in [0, 0.05) is 44.9 Å². The number of allylic oxidation sites excluding steroid dienone is 4. The van der Waals surface area contributed by atoms with Crippen molar-refractivity contribution in [3.05, 3.63) is 181 Å². The summed E-state index contributed by atoms with van der Waals surface area (Å²) in [7, 11) is 0. The third-order valence-corrected chi connectivity index (χ3v) is 10.8. The van der Waals surface area contributed by atoms with E-state index >= 15 is 0 Å². The highest BCUT2D eigenvalue weighted by Gasteiger charge is 2.41. The fourth-order valence-corrected chi connectivity index (χ4v) is 8.37. The highest BCUT2D eigenvalue weighted by atomic mass is 16.5. The van der Waals surface area contributed by atoms with Gasteiger partial charge in [-0.15, -0.1) is 0 Å². The first-order valence-electron chi connectivity index (χ1n) is 17.8. The first-order valence-corrected chi connectivity index (χ1v) is 17.8. The molecule has 0 saturated carbocycles. The van der Waals surface area contributed by atoms with Crippen LogP contribution in [-0.4, -0.2) is 27.2 Å². The zero-order valence-electron chi connectivity index (χ0n) is 28.1. The fourth-order valence-electron chi connectivity index (χ4n) is 8.37. The van der Waals surface area contributed by atoms with Crippen molar-refractivity contribution in [1.82, 2.24) is 15.0 Å². The van der Waals surface area contributed by atoms with Gasteiger partial charge in [-0.3, -0.25) is 0 Å². The monoisotopic (exact) mass is 669 g/mol. The molecule has 11 rings (SSSR count). The minimum absolute atomic E-state index is 0.0112. The molecule has 52 heavy (non-hydrogen) atoms. The van der Waals surface area contributed by atoms with E-state index in [9.17, 15) is 0 Å². The lowest BCUT2D eigenvalue weighted by Gasteiger charge is -2.22. The van der Waals surface area contributed by atoms with E-state index < -0.39 is 0 Å². The predicted molar refractivity (Wildman–Crippen MR) is 207 cm³/mol. The van der Waals surface area contributed by atoms with E-state index in [-0.39, 0.29) is 24.0 Å². The van der Waals surface area contributed by atoms with Crippen LogP contribution in [-0.2, 0) is 0 Å². The minimum Gasteiger partial charge on any atom is -0.484 e. The third-order valence-electron chi connectivity index (χ3n) is 10.8. The number of aromatic nitrogens is 3. The number of nitrogens with zero attached hydrogens (tertiary/aromatic N) is 3. The Morgan fingerprint density at radius 1 is 0.462 bits per heavy atom. The van der Waals surface area contributed by atoms with Crippen LogP contribution in [0.4, 0.5) is 0 Å². The van der Waals surface area contributed by atoms with Gasteiger partial charge in [0.25, 0.3) is 0 Å². The summed E-state index contributed by atoms with van der Waals surface area (Å²) in [5.74, 6) is 3.87. The molecule has 0 N–H and O–H groups in total. The summed E-state index contributed by atoms with van der Waals surface area (Å²) in [5.41, 5.74) is 7.31. The molecule has 6 aromatic carbocycles. The van der Waals surface area contributed by atoms with E-state index in [1.54, 1.807) is 0 Å². The number of fused-ring (bicyclic) bond motifs is 9. The quantitative estimate of drug-likeness (QED) is 0.175. The molecule has 0 fully saturated rings. The highest BCUT2D eigenvalue weighted by Crippen LogP contribution is 2.54. The summed E-state index contributed by atoms with van der Waals surface area (Å²) in [6, 6.07) is 42.4. The lowest BCUT2D eigenvalue weighted by Crippen LogP contribution is -2.20. The Balaban J connectivity index is 1.05. The van der Waals surface area contributed by atoms with Gasteiger partial charge in [0.1, 0.15) is 23.7 Å². The standard InChI is InChI=1S/C47H31N3O2/c1-2-12-30(13-3-1)45-48-46(31-26-25-29-24-23-28-11-4-5-14-32(28)39(29)27-31)50-47(49-45)38-20-10-22-41-42(38)37-19-9-18-36(44(37)52-41)35-17-8-16-34-33-15-6-7-21-40(33)51-43(34)35/h1-27,33,40-42H. The van der Waals surface area contributed by atoms with Gasteiger partial charge in [0.15, 0.2) is 17.5 Å². The number of ether oxygens (including phenoxy) is 2. The van der Waals surface area contributed by atoms with E-state index in [0.29, 0.717) is 17.5 Å². The van der Waals surface area contributed by atoms with Crippen molar-refractivity contribution in [2.75, 3.05) is 0 Å². The lowest BCUT2D eigenvalue weighted by molar-refractivity contribution is 0.267. The minimum atomic E-state index is -0.199. The van der Waals surface area contributed by atoms with Crippen molar-refractivity contribution in [2.45, 2.75) is 24.0 Å². The summed E-state index contributed by atoms with van der Waals surface area (Å²) in [6.45, 7) is 0. The van der Waals surface area contributed by atoms with Crippen LogP contribution in [0.25, 0.3) is 61.0 Å². The van der Waals surface area contributed by atoms with Gasteiger partial charge in [-0.2, -0.15) is 0 Å². The normalized spacial score (nSPS) is 20.5. The summed E-state index contributed by atoms with van der Waals surface area (Å²) in [5, 5.41) is 4.77. The molecule has 4 aliphatic rings. The largest absolute Gasteiger partial charge is 0.484 e. The van der Waals surface area contributed by atoms with Crippen LogP contribution in [0.3, 0.4) is 0 Å². The first kappa shape index (κ1) is 29.2. The van der Waals surface area contributed by atoms with Crippen LogP contribution in [0.5, 0.6) is 11.5 Å². The molecule has 4 unspecified atom stereocenters. The number of hydrogen-bond donors (Lipinski definition) is 0. The fraction of sp³-hybridized carbons (Fsp3) is 0.0851. The molecule has 0 radical (unpaired) electrons. The van der Waals surface area contributed by atoms with Crippen molar-refractivity contribution >= 4 is 27.1 Å². The Labute approximate surface area is 301 Å². The molecule has 7 aromatic rings. The molecule has 0 amide bonds. The van der Waals surface area contributed by atoms with E-state index in [4.69, 9.17) is 24.4 Å². The number of hydrogen-bond acceptors (Lipinski definition) is 5. The molecule has 0 bridgehead atoms. The SMILES string of the molecule is C1=CC2Oc3c(-c4cccc5c4OC4C=CC=C(c6nc(-c7ccccc7)nc(-c7ccc8ccc9ccccc9c8c7)n6)C54)cccc3C2C=C1. The van der Waals surface area contributed by atoms with Gasteiger partial charge in [0.2, 0.25) is 0 Å². The smallest absolute Gasteiger partial charge is 0.164 e. The molecule has 3 heterocycles. The Bertz CT molecular complexity index is 2730. The number of para-hydroxylation sites is 2. The van der Waals surface area contributed by atoms with Gasteiger partial charge >= 0.3 is 0 Å². The average molecular weight is 670 g/mol. The molecule has 2 aliphatic heterocycles. The molecule has 0 spiro atoms. The molecule has 0 saturated heterocycles. The first-order chi connectivity index (χ1) is 25.8. The predicted octanol–water partition coefficient (Wildman–Crippen LogP) is 10.6. The second-order valence-corrected chi connectivity index (χ2v) is 13.8.